The predicted octanol–water partition coefficient (Wildman–Crippen LogP) is 1.68. The molecular weight excluding hydrogens is 196 g/mol. The molecule has 0 spiro atoms. The van der Waals surface area contributed by atoms with E-state index in [1.807, 2.05) is 6.92 Å². The molecular formula is C11H20O4. The van der Waals surface area contributed by atoms with Crippen LogP contribution in [0, 0.1) is 5.92 Å². The molecule has 1 saturated heterocycles. The van der Waals surface area contributed by atoms with Crippen LogP contribution in [-0.4, -0.2) is 36.5 Å². The van der Waals surface area contributed by atoms with E-state index in [1.54, 1.807) is 6.92 Å². The third-order valence-electron chi connectivity index (χ3n) is 2.84. The Morgan fingerprint density at radius 3 is 2.87 bits per heavy atom. The lowest BCUT2D eigenvalue weighted by Gasteiger charge is -2.26. The Balaban J connectivity index is 2.40. The number of aliphatic carboxylic acids is 1. The first-order valence-electron chi connectivity index (χ1n) is 5.53. The van der Waals surface area contributed by atoms with Gasteiger partial charge in [-0.15, -0.1) is 0 Å². The average molecular weight is 216 g/mol. The Bertz CT molecular complexity index is 211. The van der Waals surface area contributed by atoms with Crippen LogP contribution in [0.15, 0.2) is 0 Å². The van der Waals surface area contributed by atoms with Crippen molar-refractivity contribution in [3.8, 4) is 0 Å². The highest BCUT2D eigenvalue weighted by Gasteiger charge is 2.34. The van der Waals surface area contributed by atoms with Gasteiger partial charge in [-0.2, -0.15) is 0 Å². The zero-order valence-corrected chi connectivity index (χ0v) is 9.49. The SMILES string of the molecule is CCCC(C)(OCC1CCOC1)C(=O)O. The molecule has 4 heteroatoms. The molecule has 0 aromatic carbocycles. The van der Waals surface area contributed by atoms with Gasteiger partial charge in [0.1, 0.15) is 0 Å². The van der Waals surface area contributed by atoms with Crippen LogP contribution in [0.2, 0.25) is 0 Å². The largest absolute Gasteiger partial charge is 0.479 e. The van der Waals surface area contributed by atoms with Gasteiger partial charge in [0.15, 0.2) is 5.60 Å². The summed E-state index contributed by atoms with van der Waals surface area (Å²) in [6.07, 6.45) is 2.34. The van der Waals surface area contributed by atoms with E-state index in [0.29, 0.717) is 25.6 Å². The van der Waals surface area contributed by atoms with Crippen molar-refractivity contribution in [1.29, 1.82) is 0 Å². The smallest absolute Gasteiger partial charge is 0.335 e. The second-order valence-corrected chi connectivity index (χ2v) is 4.33. The molecule has 0 aromatic heterocycles. The highest BCUT2D eigenvalue weighted by Crippen LogP contribution is 2.21. The van der Waals surface area contributed by atoms with E-state index < -0.39 is 11.6 Å². The van der Waals surface area contributed by atoms with Gasteiger partial charge in [0, 0.05) is 12.5 Å². The molecule has 1 N–H and O–H groups in total. The molecule has 0 amide bonds. The van der Waals surface area contributed by atoms with Crippen molar-refractivity contribution in [2.75, 3.05) is 19.8 Å². The van der Waals surface area contributed by atoms with Crippen LogP contribution >= 0.6 is 0 Å². The second-order valence-electron chi connectivity index (χ2n) is 4.33. The van der Waals surface area contributed by atoms with Crippen molar-refractivity contribution >= 4 is 5.97 Å². The summed E-state index contributed by atoms with van der Waals surface area (Å²) in [7, 11) is 0. The van der Waals surface area contributed by atoms with Gasteiger partial charge in [0.05, 0.1) is 13.2 Å². The number of rotatable bonds is 6. The van der Waals surface area contributed by atoms with Gasteiger partial charge in [0.2, 0.25) is 0 Å². The lowest BCUT2D eigenvalue weighted by Crippen LogP contribution is -2.39. The molecule has 88 valence electrons. The monoisotopic (exact) mass is 216 g/mol. The number of carboxylic acid groups (broad SMARTS) is 1. The van der Waals surface area contributed by atoms with Crippen LogP contribution in [0.4, 0.5) is 0 Å². The molecule has 1 rings (SSSR count). The first-order chi connectivity index (χ1) is 7.08. The molecule has 1 fully saturated rings. The summed E-state index contributed by atoms with van der Waals surface area (Å²) >= 11 is 0. The van der Waals surface area contributed by atoms with Gasteiger partial charge < -0.3 is 14.6 Å². The van der Waals surface area contributed by atoms with Crippen molar-refractivity contribution in [3.05, 3.63) is 0 Å². The van der Waals surface area contributed by atoms with Crippen molar-refractivity contribution < 1.29 is 19.4 Å². The Kier molecular flexibility index (Phi) is 4.54. The van der Waals surface area contributed by atoms with E-state index in [1.165, 1.54) is 0 Å². The number of carbonyl (C=O) groups is 1. The summed E-state index contributed by atoms with van der Waals surface area (Å²) in [5, 5.41) is 9.08. The van der Waals surface area contributed by atoms with Crippen LogP contribution in [0.25, 0.3) is 0 Å². The summed E-state index contributed by atoms with van der Waals surface area (Å²) in [6, 6.07) is 0. The summed E-state index contributed by atoms with van der Waals surface area (Å²) in [6.45, 7) is 5.56. The predicted molar refractivity (Wildman–Crippen MR) is 55.8 cm³/mol. The van der Waals surface area contributed by atoms with Crippen LogP contribution in [0.1, 0.15) is 33.1 Å². The van der Waals surface area contributed by atoms with Crippen LogP contribution in [0.3, 0.4) is 0 Å². The topological polar surface area (TPSA) is 55.8 Å². The van der Waals surface area contributed by atoms with Gasteiger partial charge in [0.25, 0.3) is 0 Å². The van der Waals surface area contributed by atoms with Gasteiger partial charge in [-0.1, -0.05) is 13.3 Å². The standard InChI is InChI=1S/C11H20O4/c1-3-5-11(2,10(12)13)15-8-9-4-6-14-7-9/h9H,3-8H2,1-2H3,(H,12,13). The van der Waals surface area contributed by atoms with Crippen molar-refractivity contribution in [2.24, 2.45) is 5.92 Å². The van der Waals surface area contributed by atoms with Crippen LogP contribution < -0.4 is 0 Å². The number of ether oxygens (including phenoxy) is 2. The summed E-state index contributed by atoms with van der Waals surface area (Å²) in [4.78, 5) is 11.1. The Morgan fingerprint density at radius 1 is 1.67 bits per heavy atom. The summed E-state index contributed by atoms with van der Waals surface area (Å²) in [5.74, 6) is -0.510. The van der Waals surface area contributed by atoms with Gasteiger partial charge in [-0.25, -0.2) is 4.79 Å². The molecule has 0 saturated carbocycles. The first kappa shape index (κ1) is 12.5. The number of hydrogen-bond donors (Lipinski definition) is 1. The van der Waals surface area contributed by atoms with E-state index in [4.69, 9.17) is 14.6 Å². The van der Waals surface area contributed by atoms with E-state index in [0.717, 1.165) is 19.4 Å². The highest BCUT2D eigenvalue weighted by atomic mass is 16.5. The lowest BCUT2D eigenvalue weighted by atomic mass is 10.00. The minimum absolute atomic E-state index is 0.362. The third-order valence-corrected chi connectivity index (χ3v) is 2.84. The molecule has 0 aromatic rings. The second kappa shape index (κ2) is 5.47. The Hall–Kier alpha value is -0.610. The van der Waals surface area contributed by atoms with Gasteiger partial charge in [-0.05, 0) is 19.8 Å². The minimum atomic E-state index is -1.03. The number of carboxylic acids is 1. The van der Waals surface area contributed by atoms with Gasteiger partial charge in [-0.3, -0.25) is 0 Å². The summed E-state index contributed by atoms with van der Waals surface area (Å²) in [5.41, 5.74) is -1.03. The van der Waals surface area contributed by atoms with E-state index in [2.05, 4.69) is 0 Å². The Labute approximate surface area is 90.6 Å². The van der Waals surface area contributed by atoms with E-state index in [9.17, 15) is 4.79 Å². The molecule has 0 bridgehead atoms. The van der Waals surface area contributed by atoms with Crippen molar-refractivity contribution in [2.45, 2.75) is 38.7 Å². The fourth-order valence-corrected chi connectivity index (χ4v) is 1.73. The fraction of sp³-hybridized carbons (Fsp3) is 0.909. The molecule has 1 heterocycles. The first-order valence-corrected chi connectivity index (χ1v) is 5.53. The molecule has 0 radical (unpaired) electrons. The lowest BCUT2D eigenvalue weighted by molar-refractivity contribution is -0.166. The maximum absolute atomic E-state index is 11.1. The molecule has 1 aliphatic rings. The van der Waals surface area contributed by atoms with Gasteiger partial charge >= 0.3 is 5.97 Å². The molecule has 15 heavy (non-hydrogen) atoms. The summed E-state index contributed by atoms with van der Waals surface area (Å²) < 4.78 is 10.8. The van der Waals surface area contributed by atoms with E-state index in [-0.39, 0.29) is 0 Å². The number of hydrogen-bond acceptors (Lipinski definition) is 3. The third kappa shape index (κ3) is 3.47. The van der Waals surface area contributed by atoms with Crippen molar-refractivity contribution in [1.82, 2.24) is 0 Å². The van der Waals surface area contributed by atoms with Crippen molar-refractivity contribution in [3.63, 3.8) is 0 Å². The zero-order valence-electron chi connectivity index (χ0n) is 9.49. The quantitative estimate of drug-likeness (QED) is 0.734. The maximum atomic E-state index is 11.1. The normalized spacial score (nSPS) is 25.1. The fourth-order valence-electron chi connectivity index (χ4n) is 1.73. The molecule has 2 atom stereocenters. The average Bonchev–Trinajstić information content (AvgIpc) is 2.67. The molecule has 2 unspecified atom stereocenters. The van der Waals surface area contributed by atoms with Crippen LogP contribution in [-0.2, 0) is 14.3 Å². The minimum Gasteiger partial charge on any atom is -0.479 e. The molecule has 0 aliphatic carbocycles. The molecule has 4 nitrogen and oxygen atoms in total. The zero-order chi connectivity index (χ0) is 11.3. The van der Waals surface area contributed by atoms with Crippen LogP contribution in [0.5, 0.6) is 0 Å². The maximum Gasteiger partial charge on any atom is 0.335 e. The highest BCUT2D eigenvalue weighted by molar-refractivity contribution is 5.76. The Morgan fingerprint density at radius 2 is 2.40 bits per heavy atom. The van der Waals surface area contributed by atoms with E-state index >= 15 is 0 Å². The molecule has 1 aliphatic heterocycles.